The minimum Gasteiger partial charge on any atom is -0.123 e. The summed E-state index contributed by atoms with van der Waals surface area (Å²) in [5, 5.41) is 0.646. The molecule has 0 heterocycles. The third-order valence-corrected chi connectivity index (χ3v) is 3.92. The molecule has 2 rings (SSSR count). The molecule has 0 aliphatic heterocycles. The summed E-state index contributed by atoms with van der Waals surface area (Å²) in [4.78, 5) is 1.36. The Hall–Kier alpha value is -1.15. The van der Waals surface area contributed by atoms with Crippen LogP contribution in [0.3, 0.4) is 0 Å². The van der Waals surface area contributed by atoms with Crippen LogP contribution in [0.1, 0.15) is 19.4 Å². The summed E-state index contributed by atoms with van der Waals surface area (Å²) < 4.78 is 0. The van der Waals surface area contributed by atoms with E-state index >= 15 is 0 Å². The molecular formula is C17H20BS. The Morgan fingerprint density at radius 1 is 0.947 bits per heavy atom. The molecule has 0 fully saturated rings. The van der Waals surface area contributed by atoms with Gasteiger partial charge < -0.3 is 0 Å². The molecule has 0 spiro atoms. The van der Waals surface area contributed by atoms with Crippen LogP contribution < -0.4 is 5.46 Å². The fourth-order valence-electron chi connectivity index (χ4n) is 2.00. The summed E-state index contributed by atoms with van der Waals surface area (Å²) in [5.41, 5.74) is 2.73. The van der Waals surface area contributed by atoms with Crippen LogP contribution in [0.5, 0.6) is 0 Å². The maximum Gasteiger partial charge on any atom is 0.151 e. The van der Waals surface area contributed by atoms with Crippen molar-refractivity contribution >= 4 is 24.5 Å². The van der Waals surface area contributed by atoms with Crippen LogP contribution in [-0.4, -0.2) is 12.5 Å². The summed E-state index contributed by atoms with van der Waals surface area (Å²) in [7, 11) is 2.32. The fourth-order valence-corrected chi connectivity index (χ4v) is 2.84. The average molecular weight is 267 g/mol. The van der Waals surface area contributed by atoms with E-state index in [9.17, 15) is 0 Å². The van der Waals surface area contributed by atoms with Gasteiger partial charge >= 0.3 is 0 Å². The van der Waals surface area contributed by atoms with E-state index in [1.54, 1.807) is 0 Å². The van der Waals surface area contributed by atoms with Gasteiger partial charge in [-0.2, -0.15) is 0 Å². The van der Waals surface area contributed by atoms with Gasteiger partial charge in [-0.15, -0.1) is 11.8 Å². The zero-order chi connectivity index (χ0) is 13.5. The van der Waals surface area contributed by atoms with Crippen LogP contribution in [0.25, 0.3) is 0 Å². The lowest BCUT2D eigenvalue weighted by atomic mass is 9.66. The smallest absolute Gasteiger partial charge is 0.123 e. The molecule has 0 N–H and O–H groups in total. The average Bonchev–Trinajstić information content (AvgIpc) is 2.41. The number of thioether (sulfide) groups is 1. The SMILES string of the molecule is CC(C)Sc1ccc([B]CCc2ccccc2)cc1. The molecule has 0 saturated heterocycles. The lowest BCUT2D eigenvalue weighted by molar-refractivity contribution is 1.11. The van der Waals surface area contributed by atoms with Crippen LogP contribution in [-0.2, 0) is 6.42 Å². The van der Waals surface area contributed by atoms with Crippen molar-refractivity contribution in [1.82, 2.24) is 0 Å². The zero-order valence-electron chi connectivity index (χ0n) is 11.7. The Balaban J connectivity index is 1.80. The fraction of sp³-hybridized carbons (Fsp3) is 0.294. The third-order valence-electron chi connectivity index (χ3n) is 2.91. The van der Waals surface area contributed by atoms with E-state index in [-0.39, 0.29) is 0 Å². The maximum absolute atomic E-state index is 2.32. The van der Waals surface area contributed by atoms with Gasteiger partial charge in [0.05, 0.1) is 0 Å². The first-order chi connectivity index (χ1) is 9.24. The highest BCUT2D eigenvalue weighted by Crippen LogP contribution is 2.21. The van der Waals surface area contributed by atoms with E-state index in [0.29, 0.717) is 5.25 Å². The number of aryl methyl sites for hydroxylation is 1. The monoisotopic (exact) mass is 267 g/mol. The normalized spacial score (nSPS) is 10.7. The first-order valence-corrected chi connectivity index (χ1v) is 7.76. The highest BCUT2D eigenvalue weighted by molar-refractivity contribution is 7.99. The highest BCUT2D eigenvalue weighted by Gasteiger charge is 2.00. The summed E-state index contributed by atoms with van der Waals surface area (Å²) in [6, 6.07) is 19.5. The predicted octanol–water partition coefficient (Wildman–Crippen LogP) is 4.18. The molecule has 0 nitrogen and oxygen atoms in total. The molecule has 0 bridgehead atoms. The Bertz CT molecular complexity index is 476. The van der Waals surface area contributed by atoms with Gasteiger partial charge in [0, 0.05) is 10.1 Å². The number of hydrogen-bond acceptors (Lipinski definition) is 1. The summed E-state index contributed by atoms with van der Waals surface area (Å²) in [6.45, 7) is 4.45. The first kappa shape index (κ1) is 14.3. The Kier molecular flexibility index (Phi) is 5.59. The van der Waals surface area contributed by atoms with E-state index < -0.39 is 0 Å². The van der Waals surface area contributed by atoms with E-state index in [4.69, 9.17) is 0 Å². The van der Waals surface area contributed by atoms with Crippen molar-refractivity contribution < 1.29 is 0 Å². The molecule has 19 heavy (non-hydrogen) atoms. The molecule has 97 valence electrons. The van der Waals surface area contributed by atoms with Crippen LogP contribution in [0.4, 0.5) is 0 Å². The predicted molar refractivity (Wildman–Crippen MR) is 87.8 cm³/mol. The zero-order valence-corrected chi connectivity index (χ0v) is 12.5. The van der Waals surface area contributed by atoms with Crippen LogP contribution in [0, 0.1) is 0 Å². The van der Waals surface area contributed by atoms with Gasteiger partial charge in [-0.05, 0) is 24.1 Å². The molecule has 2 aromatic rings. The van der Waals surface area contributed by atoms with Gasteiger partial charge in [-0.3, -0.25) is 0 Å². The number of benzene rings is 2. The standard InChI is InChI=1S/C17H20BS/c1-14(2)19-17-10-8-16(9-11-17)18-13-12-15-6-4-3-5-7-15/h3-11,14H,12-13H2,1-2H3. The van der Waals surface area contributed by atoms with Crippen molar-refractivity contribution in [3.63, 3.8) is 0 Å². The maximum atomic E-state index is 2.32. The molecule has 0 atom stereocenters. The molecule has 0 unspecified atom stereocenters. The van der Waals surface area contributed by atoms with Crippen molar-refractivity contribution in [2.45, 2.75) is 36.7 Å². The van der Waals surface area contributed by atoms with Crippen molar-refractivity contribution in [2.75, 3.05) is 0 Å². The van der Waals surface area contributed by atoms with Crippen molar-refractivity contribution in [2.24, 2.45) is 0 Å². The Morgan fingerprint density at radius 3 is 2.26 bits per heavy atom. The topological polar surface area (TPSA) is 0 Å². The first-order valence-electron chi connectivity index (χ1n) is 6.88. The minimum atomic E-state index is 0.646. The second kappa shape index (κ2) is 7.45. The van der Waals surface area contributed by atoms with E-state index in [0.717, 1.165) is 12.7 Å². The quantitative estimate of drug-likeness (QED) is 0.559. The van der Waals surface area contributed by atoms with Crippen molar-refractivity contribution in [1.29, 1.82) is 0 Å². The Labute approximate surface area is 121 Å². The largest absolute Gasteiger partial charge is 0.151 e. The molecule has 1 radical (unpaired) electrons. The third kappa shape index (κ3) is 5.16. The van der Waals surface area contributed by atoms with Crippen LogP contribution >= 0.6 is 11.8 Å². The molecule has 0 aliphatic carbocycles. The molecule has 2 heteroatoms. The van der Waals surface area contributed by atoms with Crippen molar-refractivity contribution in [3.8, 4) is 0 Å². The second-order valence-corrected chi connectivity index (χ2v) is 6.61. The van der Waals surface area contributed by atoms with E-state index in [1.165, 1.54) is 15.9 Å². The molecule has 0 aromatic heterocycles. The van der Waals surface area contributed by atoms with E-state index in [1.807, 2.05) is 11.8 Å². The number of rotatable bonds is 6. The molecule has 2 aromatic carbocycles. The number of hydrogen-bond donors (Lipinski definition) is 0. The van der Waals surface area contributed by atoms with Crippen LogP contribution in [0.2, 0.25) is 6.32 Å². The van der Waals surface area contributed by atoms with Gasteiger partial charge in [0.25, 0.3) is 0 Å². The van der Waals surface area contributed by atoms with E-state index in [2.05, 4.69) is 75.7 Å². The molecular weight excluding hydrogens is 247 g/mol. The highest BCUT2D eigenvalue weighted by atomic mass is 32.2. The summed E-state index contributed by atoms with van der Waals surface area (Å²) >= 11 is 1.91. The molecule has 0 amide bonds. The lowest BCUT2D eigenvalue weighted by Crippen LogP contribution is -2.13. The molecule has 0 aliphatic rings. The van der Waals surface area contributed by atoms with Gasteiger partial charge in [-0.25, -0.2) is 0 Å². The Morgan fingerprint density at radius 2 is 1.63 bits per heavy atom. The van der Waals surface area contributed by atoms with Crippen LogP contribution in [0.15, 0.2) is 59.5 Å². The van der Waals surface area contributed by atoms with Gasteiger partial charge in [0.2, 0.25) is 0 Å². The lowest BCUT2D eigenvalue weighted by Gasteiger charge is -2.06. The molecule has 0 saturated carbocycles. The van der Waals surface area contributed by atoms with Gasteiger partial charge in [-0.1, -0.05) is 68.1 Å². The van der Waals surface area contributed by atoms with Gasteiger partial charge in [0.1, 0.15) is 0 Å². The summed E-state index contributed by atoms with van der Waals surface area (Å²) in [5.74, 6) is 0. The van der Waals surface area contributed by atoms with Gasteiger partial charge in [0.15, 0.2) is 7.28 Å². The summed E-state index contributed by atoms with van der Waals surface area (Å²) in [6.07, 6.45) is 2.21. The second-order valence-electron chi connectivity index (χ2n) is 4.96. The van der Waals surface area contributed by atoms with Crippen molar-refractivity contribution in [3.05, 3.63) is 60.2 Å². The minimum absolute atomic E-state index is 0.646.